The van der Waals surface area contributed by atoms with Crippen LogP contribution in [-0.4, -0.2) is 35.2 Å². The number of hydrogen-bond donors (Lipinski definition) is 2. The SMILES string of the molecule is CSCC(NC(C)C)C(=O)O. The predicted octanol–water partition coefficient (Wildman–Crippen LogP) is 0.801. The van der Waals surface area contributed by atoms with E-state index < -0.39 is 12.0 Å². The van der Waals surface area contributed by atoms with Gasteiger partial charge in [0.05, 0.1) is 0 Å². The minimum atomic E-state index is -0.770. The van der Waals surface area contributed by atoms with E-state index in [2.05, 4.69) is 5.32 Å². The van der Waals surface area contributed by atoms with Gasteiger partial charge < -0.3 is 10.4 Å². The highest BCUT2D eigenvalue weighted by molar-refractivity contribution is 7.98. The second kappa shape index (κ2) is 5.43. The van der Waals surface area contributed by atoms with E-state index in [0.717, 1.165) is 0 Å². The molecular formula is C7H15NO2S. The third-order valence-corrected chi connectivity index (χ3v) is 1.83. The molecule has 0 spiro atoms. The number of carboxylic acid groups (broad SMARTS) is 1. The zero-order valence-corrected chi connectivity index (χ0v) is 7.94. The minimum Gasteiger partial charge on any atom is -0.480 e. The lowest BCUT2D eigenvalue weighted by atomic mass is 10.3. The smallest absolute Gasteiger partial charge is 0.321 e. The third-order valence-electron chi connectivity index (χ3n) is 1.17. The summed E-state index contributed by atoms with van der Waals surface area (Å²) in [4.78, 5) is 10.5. The van der Waals surface area contributed by atoms with E-state index in [9.17, 15) is 4.79 Å². The molecular weight excluding hydrogens is 162 g/mol. The molecule has 4 heteroatoms. The Kier molecular flexibility index (Phi) is 5.32. The van der Waals surface area contributed by atoms with E-state index in [1.165, 1.54) is 11.8 Å². The Labute approximate surface area is 71.6 Å². The van der Waals surface area contributed by atoms with Crippen LogP contribution < -0.4 is 5.32 Å². The van der Waals surface area contributed by atoms with Crippen LogP contribution in [0.3, 0.4) is 0 Å². The Bertz CT molecular complexity index is 128. The molecule has 0 aliphatic heterocycles. The number of carboxylic acids is 1. The van der Waals surface area contributed by atoms with Crippen molar-refractivity contribution in [3.8, 4) is 0 Å². The minimum absolute atomic E-state index is 0.225. The molecule has 3 nitrogen and oxygen atoms in total. The standard InChI is InChI=1S/C7H15NO2S/c1-5(2)8-6(4-11-3)7(9)10/h5-6,8H,4H2,1-3H3,(H,9,10). The van der Waals surface area contributed by atoms with Crippen molar-refractivity contribution in [1.82, 2.24) is 5.32 Å². The average Bonchev–Trinajstić information content (AvgIpc) is 1.86. The van der Waals surface area contributed by atoms with Gasteiger partial charge in [-0.05, 0) is 6.26 Å². The summed E-state index contributed by atoms with van der Waals surface area (Å²) in [7, 11) is 0. The van der Waals surface area contributed by atoms with E-state index in [1.54, 1.807) is 0 Å². The van der Waals surface area contributed by atoms with Crippen molar-refractivity contribution in [2.24, 2.45) is 0 Å². The molecule has 0 saturated heterocycles. The predicted molar refractivity (Wildman–Crippen MR) is 48.1 cm³/mol. The highest BCUT2D eigenvalue weighted by Gasteiger charge is 2.16. The fourth-order valence-corrected chi connectivity index (χ4v) is 1.33. The van der Waals surface area contributed by atoms with Gasteiger partial charge in [-0.3, -0.25) is 4.79 Å². The molecule has 0 bridgehead atoms. The summed E-state index contributed by atoms with van der Waals surface area (Å²) in [5, 5.41) is 11.6. The molecule has 0 aromatic heterocycles. The van der Waals surface area contributed by atoms with Gasteiger partial charge in [-0.25, -0.2) is 0 Å². The summed E-state index contributed by atoms with van der Waals surface area (Å²) >= 11 is 1.54. The van der Waals surface area contributed by atoms with Gasteiger partial charge >= 0.3 is 5.97 Å². The van der Waals surface area contributed by atoms with Crippen molar-refractivity contribution in [1.29, 1.82) is 0 Å². The van der Waals surface area contributed by atoms with Gasteiger partial charge in [0.25, 0.3) is 0 Å². The summed E-state index contributed by atoms with van der Waals surface area (Å²) in [5.41, 5.74) is 0. The first-order chi connectivity index (χ1) is 5.07. The number of hydrogen-bond acceptors (Lipinski definition) is 3. The molecule has 11 heavy (non-hydrogen) atoms. The zero-order valence-electron chi connectivity index (χ0n) is 7.13. The Morgan fingerprint density at radius 2 is 2.18 bits per heavy atom. The Hall–Kier alpha value is -0.220. The summed E-state index contributed by atoms with van der Waals surface area (Å²) in [6, 6.07) is -0.187. The molecule has 0 radical (unpaired) electrons. The first-order valence-electron chi connectivity index (χ1n) is 3.55. The summed E-state index contributed by atoms with van der Waals surface area (Å²) in [5.74, 6) is -0.152. The second-order valence-corrected chi connectivity index (χ2v) is 3.58. The van der Waals surface area contributed by atoms with Gasteiger partial charge in [-0.15, -0.1) is 0 Å². The highest BCUT2D eigenvalue weighted by atomic mass is 32.2. The van der Waals surface area contributed by atoms with E-state index in [-0.39, 0.29) is 6.04 Å². The molecule has 0 aliphatic rings. The van der Waals surface area contributed by atoms with E-state index in [0.29, 0.717) is 5.75 Å². The maximum Gasteiger partial charge on any atom is 0.321 e. The molecule has 1 atom stereocenters. The van der Waals surface area contributed by atoms with Crippen LogP contribution in [0, 0.1) is 0 Å². The number of aliphatic carboxylic acids is 1. The zero-order chi connectivity index (χ0) is 8.85. The van der Waals surface area contributed by atoms with Crippen molar-refractivity contribution in [2.75, 3.05) is 12.0 Å². The quantitative estimate of drug-likeness (QED) is 0.652. The van der Waals surface area contributed by atoms with Gasteiger partial charge in [0.2, 0.25) is 0 Å². The van der Waals surface area contributed by atoms with Gasteiger partial charge in [0.15, 0.2) is 0 Å². The molecule has 0 amide bonds. The lowest BCUT2D eigenvalue weighted by Gasteiger charge is -2.15. The molecule has 0 aromatic carbocycles. The van der Waals surface area contributed by atoms with Crippen LogP contribution in [0.5, 0.6) is 0 Å². The fourth-order valence-electron chi connectivity index (χ4n) is 0.760. The number of rotatable bonds is 5. The molecule has 0 aromatic rings. The maximum atomic E-state index is 10.5. The molecule has 2 N–H and O–H groups in total. The van der Waals surface area contributed by atoms with Crippen LogP contribution >= 0.6 is 11.8 Å². The molecule has 0 saturated carbocycles. The lowest BCUT2D eigenvalue weighted by molar-refractivity contribution is -0.139. The van der Waals surface area contributed by atoms with Gasteiger partial charge in [0.1, 0.15) is 6.04 Å². The molecule has 0 aliphatic carbocycles. The molecule has 0 fully saturated rings. The van der Waals surface area contributed by atoms with Crippen LogP contribution in [0.25, 0.3) is 0 Å². The van der Waals surface area contributed by atoms with E-state index >= 15 is 0 Å². The average molecular weight is 177 g/mol. The first-order valence-corrected chi connectivity index (χ1v) is 4.95. The van der Waals surface area contributed by atoms with Crippen molar-refractivity contribution < 1.29 is 9.90 Å². The third kappa shape index (κ3) is 5.09. The van der Waals surface area contributed by atoms with Crippen LogP contribution in [-0.2, 0) is 4.79 Å². The number of thioether (sulfide) groups is 1. The van der Waals surface area contributed by atoms with Crippen LogP contribution in [0.15, 0.2) is 0 Å². The Balaban J connectivity index is 3.79. The second-order valence-electron chi connectivity index (χ2n) is 2.67. The van der Waals surface area contributed by atoms with E-state index in [1.807, 2.05) is 20.1 Å². The van der Waals surface area contributed by atoms with Crippen molar-refractivity contribution in [2.45, 2.75) is 25.9 Å². The van der Waals surface area contributed by atoms with Crippen molar-refractivity contribution >= 4 is 17.7 Å². The van der Waals surface area contributed by atoms with Gasteiger partial charge in [-0.1, -0.05) is 13.8 Å². The molecule has 0 rings (SSSR count). The monoisotopic (exact) mass is 177 g/mol. The lowest BCUT2D eigenvalue weighted by Crippen LogP contribution is -2.42. The molecule has 0 heterocycles. The molecule has 66 valence electrons. The maximum absolute atomic E-state index is 10.5. The van der Waals surface area contributed by atoms with E-state index in [4.69, 9.17) is 5.11 Å². The largest absolute Gasteiger partial charge is 0.480 e. The number of carbonyl (C=O) groups is 1. The fraction of sp³-hybridized carbons (Fsp3) is 0.857. The van der Waals surface area contributed by atoms with Crippen molar-refractivity contribution in [3.05, 3.63) is 0 Å². The normalized spacial score (nSPS) is 13.5. The highest BCUT2D eigenvalue weighted by Crippen LogP contribution is 1.98. The topological polar surface area (TPSA) is 49.3 Å². The Morgan fingerprint density at radius 1 is 1.64 bits per heavy atom. The Morgan fingerprint density at radius 3 is 2.45 bits per heavy atom. The van der Waals surface area contributed by atoms with Crippen LogP contribution in [0.2, 0.25) is 0 Å². The van der Waals surface area contributed by atoms with Gasteiger partial charge in [-0.2, -0.15) is 11.8 Å². The van der Waals surface area contributed by atoms with Crippen LogP contribution in [0.1, 0.15) is 13.8 Å². The molecule has 1 unspecified atom stereocenters. The van der Waals surface area contributed by atoms with Gasteiger partial charge in [0, 0.05) is 11.8 Å². The summed E-state index contributed by atoms with van der Waals surface area (Å²) < 4.78 is 0. The summed E-state index contributed by atoms with van der Waals surface area (Å²) in [6.07, 6.45) is 1.90. The first kappa shape index (κ1) is 10.8. The van der Waals surface area contributed by atoms with Crippen molar-refractivity contribution in [3.63, 3.8) is 0 Å². The summed E-state index contributed by atoms with van der Waals surface area (Å²) in [6.45, 7) is 3.88. The van der Waals surface area contributed by atoms with Crippen LogP contribution in [0.4, 0.5) is 0 Å². The number of nitrogens with one attached hydrogen (secondary N) is 1.